The van der Waals surface area contributed by atoms with Crippen LogP contribution in [-0.2, 0) is 31.9 Å². The SMILES string of the molecule is [CH2-]c1cc(-c2ccc(F)cc2)c2c(oc3ccccc32)c1-c1cc(C(C)C(C)C)cc[n+]1[CH2-].[CH2-]c1ccc(C(C)(C)C)cc1-c1cc(CC(C)(C)C)c([Si](C)(C)C)c[n+]1[CH2-].[Ir]. The molecule has 0 saturated heterocycles. The summed E-state index contributed by atoms with van der Waals surface area (Å²) in [6.07, 6.45) is 5.36. The molecule has 0 amide bonds. The van der Waals surface area contributed by atoms with Crippen molar-refractivity contribution in [2.24, 2.45) is 11.3 Å². The Labute approximate surface area is 380 Å². The second-order valence-electron chi connectivity index (χ2n) is 20.3. The molecule has 0 aliphatic carbocycles. The summed E-state index contributed by atoms with van der Waals surface area (Å²) in [6.45, 7) is 36.4. The second-order valence-corrected chi connectivity index (χ2v) is 25.3. The van der Waals surface area contributed by atoms with E-state index in [-0.39, 0.29) is 36.8 Å². The van der Waals surface area contributed by atoms with Gasteiger partial charge in [-0.25, -0.2) is 4.39 Å². The summed E-state index contributed by atoms with van der Waals surface area (Å²) in [5.41, 5.74) is 14.0. The summed E-state index contributed by atoms with van der Waals surface area (Å²) in [5, 5.41) is 3.53. The zero-order chi connectivity index (χ0) is 44.1. The van der Waals surface area contributed by atoms with Crippen LogP contribution in [0.15, 0.2) is 108 Å². The average molecular weight is 1010 g/mol. The second kappa shape index (κ2) is 17.9. The van der Waals surface area contributed by atoms with Crippen LogP contribution in [0.5, 0.6) is 0 Å². The molecule has 1 unspecified atom stereocenters. The van der Waals surface area contributed by atoms with Gasteiger partial charge in [-0.2, -0.15) is 37.1 Å². The summed E-state index contributed by atoms with van der Waals surface area (Å²) < 4.78 is 24.0. The predicted molar refractivity (Wildman–Crippen MR) is 255 cm³/mol. The fourth-order valence-corrected chi connectivity index (χ4v) is 9.73. The monoisotopic (exact) mass is 1010 g/mol. The van der Waals surface area contributed by atoms with E-state index in [1.807, 2.05) is 29.0 Å². The van der Waals surface area contributed by atoms with E-state index in [2.05, 4.69) is 169 Å². The number of pyridine rings is 2. The number of fused-ring (bicyclic) bond motifs is 3. The summed E-state index contributed by atoms with van der Waals surface area (Å²) in [7, 11) is 7.13. The van der Waals surface area contributed by atoms with E-state index < -0.39 is 8.07 Å². The largest absolute Gasteiger partial charge is 0.469 e. The van der Waals surface area contributed by atoms with Crippen molar-refractivity contribution in [3.05, 3.63) is 165 Å². The summed E-state index contributed by atoms with van der Waals surface area (Å²) >= 11 is 0. The van der Waals surface area contributed by atoms with Crippen LogP contribution in [0.2, 0.25) is 19.6 Å². The van der Waals surface area contributed by atoms with Gasteiger partial charge in [-0.1, -0.05) is 158 Å². The van der Waals surface area contributed by atoms with Gasteiger partial charge in [0.15, 0.2) is 0 Å². The number of aromatic nitrogens is 2. The molecule has 61 heavy (non-hydrogen) atoms. The van der Waals surface area contributed by atoms with Crippen molar-refractivity contribution in [3.8, 4) is 33.6 Å². The maximum atomic E-state index is 13.6. The third-order valence-electron chi connectivity index (χ3n) is 11.8. The zero-order valence-corrected chi connectivity index (χ0v) is 41.9. The molecule has 3 nitrogen and oxygen atoms in total. The first-order valence-electron chi connectivity index (χ1n) is 21.2. The molecule has 4 aromatic carbocycles. The topological polar surface area (TPSA) is 20.9 Å². The van der Waals surface area contributed by atoms with Crippen molar-refractivity contribution in [2.45, 2.75) is 99.7 Å². The zero-order valence-electron chi connectivity index (χ0n) is 38.5. The molecule has 1 atom stereocenters. The van der Waals surface area contributed by atoms with E-state index in [0.29, 0.717) is 11.8 Å². The summed E-state index contributed by atoms with van der Waals surface area (Å²) in [4.78, 5) is 0. The van der Waals surface area contributed by atoms with Gasteiger partial charge < -0.3 is 13.6 Å². The Hall–Kier alpha value is -4.74. The molecule has 7 rings (SSSR count). The molecule has 0 saturated carbocycles. The Morgan fingerprint density at radius 1 is 0.738 bits per heavy atom. The van der Waals surface area contributed by atoms with Gasteiger partial charge in [0.2, 0.25) is 0 Å². The van der Waals surface area contributed by atoms with Gasteiger partial charge in [-0.3, -0.25) is 0 Å². The minimum absolute atomic E-state index is 0. The minimum Gasteiger partial charge on any atom is -0.469 e. The van der Waals surface area contributed by atoms with Crippen molar-refractivity contribution >= 4 is 35.2 Å². The Bertz CT molecular complexity index is 2670. The van der Waals surface area contributed by atoms with Crippen molar-refractivity contribution in [3.63, 3.8) is 0 Å². The molecule has 0 aliphatic rings. The number of furan rings is 1. The smallest absolute Gasteiger partial charge is 0.133 e. The first-order valence-corrected chi connectivity index (χ1v) is 24.7. The number of benzene rings is 4. The summed E-state index contributed by atoms with van der Waals surface area (Å²) in [5.74, 6) is 0.667. The number of nitrogens with zero attached hydrogens (tertiary/aromatic N) is 2. The Balaban J connectivity index is 0.000000232. The average Bonchev–Trinajstić information content (AvgIpc) is 3.54. The van der Waals surface area contributed by atoms with Crippen molar-refractivity contribution in [1.29, 1.82) is 0 Å². The molecule has 0 bridgehead atoms. The molecule has 1 radical (unpaired) electrons. The van der Waals surface area contributed by atoms with Gasteiger partial charge in [0.1, 0.15) is 11.4 Å². The fourth-order valence-electron chi connectivity index (χ4n) is 8.06. The predicted octanol–water partition coefficient (Wildman–Crippen LogP) is 13.8. The maximum Gasteiger partial charge on any atom is 0.133 e. The van der Waals surface area contributed by atoms with Crippen LogP contribution in [0.1, 0.15) is 96.0 Å². The maximum absolute atomic E-state index is 13.6. The van der Waals surface area contributed by atoms with E-state index in [1.165, 1.54) is 39.6 Å². The Morgan fingerprint density at radius 3 is 2.00 bits per heavy atom. The van der Waals surface area contributed by atoms with Crippen LogP contribution in [0.3, 0.4) is 0 Å². The van der Waals surface area contributed by atoms with E-state index in [4.69, 9.17) is 4.42 Å². The van der Waals surface area contributed by atoms with E-state index >= 15 is 0 Å². The molecule has 6 heteroatoms. The minimum atomic E-state index is -1.46. The number of halogens is 1. The van der Waals surface area contributed by atoms with E-state index in [9.17, 15) is 4.39 Å². The molecule has 0 fully saturated rings. The molecular weight excluding hydrogens is 944 g/mol. The molecule has 3 aromatic heterocycles. The molecule has 0 spiro atoms. The van der Waals surface area contributed by atoms with Gasteiger partial charge in [-0.05, 0) is 58.0 Å². The van der Waals surface area contributed by atoms with Gasteiger partial charge in [0, 0.05) is 45.0 Å². The molecule has 323 valence electrons. The first kappa shape index (κ1) is 47.3. The van der Waals surface area contributed by atoms with Crippen LogP contribution in [-0.4, -0.2) is 8.07 Å². The molecular formula is C55H65FIrN2OSi-2. The van der Waals surface area contributed by atoms with Crippen LogP contribution in [0.4, 0.5) is 4.39 Å². The van der Waals surface area contributed by atoms with E-state index in [0.717, 1.165) is 67.6 Å². The van der Waals surface area contributed by atoms with Crippen molar-refractivity contribution in [2.75, 3.05) is 0 Å². The summed E-state index contributed by atoms with van der Waals surface area (Å²) in [6, 6.07) is 30.0. The van der Waals surface area contributed by atoms with Gasteiger partial charge >= 0.3 is 0 Å². The van der Waals surface area contributed by atoms with Crippen molar-refractivity contribution in [1.82, 2.24) is 0 Å². The fraction of sp³-hybridized carbons (Fsp3) is 0.309. The number of hydrogen-bond donors (Lipinski definition) is 0. The first-order chi connectivity index (χ1) is 27.9. The van der Waals surface area contributed by atoms with Crippen LogP contribution in [0.25, 0.3) is 55.6 Å². The molecule has 0 N–H and O–H groups in total. The molecule has 7 aromatic rings. The number of para-hydroxylation sites is 1. The van der Waals surface area contributed by atoms with Gasteiger partial charge in [0.05, 0.1) is 37.4 Å². The van der Waals surface area contributed by atoms with Crippen LogP contribution in [0, 0.1) is 45.1 Å². The number of rotatable bonds is 7. The van der Waals surface area contributed by atoms with Crippen LogP contribution >= 0.6 is 0 Å². The third-order valence-corrected chi connectivity index (χ3v) is 13.8. The Morgan fingerprint density at radius 2 is 1.39 bits per heavy atom. The van der Waals surface area contributed by atoms with Crippen LogP contribution < -0.4 is 14.3 Å². The van der Waals surface area contributed by atoms with E-state index in [1.54, 1.807) is 12.1 Å². The van der Waals surface area contributed by atoms with Gasteiger partial charge in [-0.15, -0.1) is 17.7 Å². The quantitative estimate of drug-likeness (QED) is 0.0885. The third kappa shape index (κ3) is 10.3. The van der Waals surface area contributed by atoms with Crippen molar-refractivity contribution < 1.29 is 38.0 Å². The van der Waals surface area contributed by atoms with Gasteiger partial charge in [0.25, 0.3) is 0 Å². The normalized spacial score (nSPS) is 12.6. The Kier molecular flexibility index (Phi) is 13.9. The molecule has 0 aliphatic heterocycles. The standard InChI is InChI=1S/C30H27FNO.C25H38NSi.Ir/c1-18(2)20(4)22-14-15-32(5)26(17-22)28-19(3)16-25(21-10-12-23(31)13-11-21)29-24-8-6-7-9-27(24)33-30(28)29;1-18-12-13-20(25(5,6)7)15-21(18)22-14-19(16-24(2,3)4)23(17-26(22)8)27(9,10)11;/h6-18,20H,3,5H2,1-2,4H3;12-15,17H,1,8,16H2,2-7,9-11H3;/q2*-1;. The number of hydrogen-bond acceptors (Lipinski definition) is 1. The molecule has 3 heterocycles.